The standard InChI is InChI=1S/C21H21N7/c1-3-8-16(9-4-1)19-14-22-20(23-19)17-10-7-13-27(15-17)21-24-25-26-28(21)18-11-5-2-6-12-18/h1-6,8-9,11-12,14,17H,7,10,13,15H2,(H,22,23). The van der Waals surface area contributed by atoms with Crippen molar-refractivity contribution in [2.24, 2.45) is 0 Å². The molecule has 1 atom stereocenters. The summed E-state index contributed by atoms with van der Waals surface area (Å²) >= 11 is 0. The summed E-state index contributed by atoms with van der Waals surface area (Å²) in [6.07, 6.45) is 4.11. The van der Waals surface area contributed by atoms with E-state index in [1.54, 1.807) is 4.68 Å². The number of anilines is 1. The van der Waals surface area contributed by atoms with E-state index in [2.05, 4.69) is 42.5 Å². The number of aromatic amines is 1. The molecule has 140 valence electrons. The Hall–Kier alpha value is -3.48. The lowest BCUT2D eigenvalue weighted by Gasteiger charge is -2.32. The van der Waals surface area contributed by atoms with E-state index in [1.807, 2.05) is 54.7 Å². The van der Waals surface area contributed by atoms with Crippen LogP contribution in [0, 0.1) is 0 Å². The molecule has 0 saturated carbocycles. The first kappa shape index (κ1) is 16.7. The fourth-order valence-corrected chi connectivity index (χ4v) is 3.81. The summed E-state index contributed by atoms with van der Waals surface area (Å²) in [6, 6.07) is 20.3. The van der Waals surface area contributed by atoms with Gasteiger partial charge in [-0.3, -0.25) is 0 Å². The Morgan fingerprint density at radius 2 is 1.75 bits per heavy atom. The van der Waals surface area contributed by atoms with Crippen LogP contribution in [-0.4, -0.2) is 43.3 Å². The minimum atomic E-state index is 0.326. The molecule has 7 heteroatoms. The van der Waals surface area contributed by atoms with Crippen molar-refractivity contribution in [3.8, 4) is 16.9 Å². The van der Waals surface area contributed by atoms with Crippen LogP contribution in [0.2, 0.25) is 0 Å². The predicted octanol–water partition coefficient (Wildman–Crippen LogP) is 3.44. The maximum Gasteiger partial charge on any atom is 0.250 e. The topological polar surface area (TPSA) is 75.5 Å². The van der Waals surface area contributed by atoms with Crippen LogP contribution in [0.15, 0.2) is 66.9 Å². The van der Waals surface area contributed by atoms with E-state index in [1.165, 1.54) is 0 Å². The number of hydrogen-bond donors (Lipinski definition) is 1. The van der Waals surface area contributed by atoms with Crippen molar-refractivity contribution in [3.63, 3.8) is 0 Å². The highest BCUT2D eigenvalue weighted by molar-refractivity contribution is 5.58. The molecule has 28 heavy (non-hydrogen) atoms. The van der Waals surface area contributed by atoms with Crippen LogP contribution in [0.3, 0.4) is 0 Å². The zero-order chi connectivity index (χ0) is 18.8. The minimum absolute atomic E-state index is 0.326. The quantitative estimate of drug-likeness (QED) is 0.595. The molecule has 3 heterocycles. The van der Waals surface area contributed by atoms with Gasteiger partial charge in [0, 0.05) is 19.0 Å². The number of hydrogen-bond acceptors (Lipinski definition) is 5. The second-order valence-corrected chi connectivity index (χ2v) is 7.06. The summed E-state index contributed by atoms with van der Waals surface area (Å²) < 4.78 is 1.81. The Balaban J connectivity index is 1.38. The highest BCUT2D eigenvalue weighted by atomic mass is 15.6. The van der Waals surface area contributed by atoms with Gasteiger partial charge in [-0.05, 0) is 41.0 Å². The molecule has 1 fully saturated rings. The van der Waals surface area contributed by atoms with Gasteiger partial charge in [-0.1, -0.05) is 53.6 Å². The molecule has 0 radical (unpaired) electrons. The summed E-state index contributed by atoms with van der Waals surface area (Å²) in [5, 5.41) is 12.4. The number of rotatable bonds is 4. The normalized spacial score (nSPS) is 17.0. The summed E-state index contributed by atoms with van der Waals surface area (Å²) in [5.74, 6) is 2.14. The Morgan fingerprint density at radius 1 is 0.964 bits per heavy atom. The van der Waals surface area contributed by atoms with E-state index in [0.29, 0.717) is 5.92 Å². The number of nitrogens with zero attached hydrogens (tertiary/aromatic N) is 6. The molecule has 1 aliphatic heterocycles. The molecule has 0 amide bonds. The highest BCUT2D eigenvalue weighted by Crippen LogP contribution is 2.29. The fourth-order valence-electron chi connectivity index (χ4n) is 3.81. The maximum absolute atomic E-state index is 4.67. The van der Waals surface area contributed by atoms with E-state index >= 15 is 0 Å². The SMILES string of the molecule is c1ccc(-c2cnc(C3CCCN(c4nnnn4-c4ccccc4)C3)[nH]2)cc1. The molecule has 5 rings (SSSR count). The molecule has 7 nitrogen and oxygen atoms in total. The lowest BCUT2D eigenvalue weighted by molar-refractivity contribution is 0.486. The van der Waals surface area contributed by atoms with Gasteiger partial charge in [-0.25, -0.2) is 4.98 Å². The van der Waals surface area contributed by atoms with Crippen molar-refractivity contribution < 1.29 is 0 Å². The average molecular weight is 371 g/mol. The smallest absolute Gasteiger partial charge is 0.250 e. The number of H-pyrrole nitrogens is 1. The monoisotopic (exact) mass is 371 g/mol. The minimum Gasteiger partial charge on any atom is -0.342 e. The van der Waals surface area contributed by atoms with Crippen molar-refractivity contribution in [3.05, 3.63) is 72.7 Å². The van der Waals surface area contributed by atoms with Crippen molar-refractivity contribution in [2.75, 3.05) is 18.0 Å². The molecule has 2 aromatic carbocycles. The zero-order valence-electron chi connectivity index (χ0n) is 15.4. The van der Waals surface area contributed by atoms with E-state index in [4.69, 9.17) is 0 Å². The molecule has 0 spiro atoms. The van der Waals surface area contributed by atoms with Crippen LogP contribution in [0.4, 0.5) is 5.95 Å². The van der Waals surface area contributed by atoms with Gasteiger partial charge in [0.05, 0.1) is 17.6 Å². The second kappa shape index (κ2) is 7.26. The molecule has 0 aliphatic carbocycles. The van der Waals surface area contributed by atoms with E-state index < -0.39 is 0 Å². The summed E-state index contributed by atoms with van der Waals surface area (Å²) in [4.78, 5) is 10.4. The molecule has 1 N–H and O–H groups in total. The first-order chi connectivity index (χ1) is 13.9. The molecule has 1 unspecified atom stereocenters. The van der Waals surface area contributed by atoms with Crippen molar-refractivity contribution in [1.29, 1.82) is 0 Å². The third-order valence-corrected chi connectivity index (χ3v) is 5.23. The Morgan fingerprint density at radius 3 is 2.57 bits per heavy atom. The Bertz CT molecular complexity index is 1040. The van der Waals surface area contributed by atoms with Crippen molar-refractivity contribution in [1.82, 2.24) is 30.2 Å². The van der Waals surface area contributed by atoms with Gasteiger partial charge in [0.2, 0.25) is 5.95 Å². The number of imidazole rings is 1. The second-order valence-electron chi connectivity index (χ2n) is 7.06. The van der Waals surface area contributed by atoms with Crippen LogP contribution in [0.25, 0.3) is 16.9 Å². The number of nitrogens with one attached hydrogen (secondary N) is 1. The lowest BCUT2D eigenvalue weighted by atomic mass is 9.97. The van der Waals surface area contributed by atoms with Gasteiger partial charge in [-0.2, -0.15) is 4.68 Å². The predicted molar refractivity (Wildman–Crippen MR) is 107 cm³/mol. The van der Waals surface area contributed by atoms with Crippen LogP contribution in [0.1, 0.15) is 24.6 Å². The van der Waals surface area contributed by atoms with Crippen LogP contribution >= 0.6 is 0 Å². The third kappa shape index (κ3) is 3.15. The van der Waals surface area contributed by atoms with Crippen LogP contribution in [0.5, 0.6) is 0 Å². The van der Waals surface area contributed by atoms with Gasteiger partial charge in [-0.15, -0.1) is 0 Å². The number of benzene rings is 2. The molecule has 4 aromatic rings. The average Bonchev–Trinajstić information content (AvgIpc) is 3.45. The van der Waals surface area contributed by atoms with Gasteiger partial charge in [0.1, 0.15) is 5.82 Å². The van der Waals surface area contributed by atoms with E-state index in [9.17, 15) is 0 Å². The number of aromatic nitrogens is 6. The van der Waals surface area contributed by atoms with Crippen molar-refractivity contribution in [2.45, 2.75) is 18.8 Å². The van der Waals surface area contributed by atoms with Crippen LogP contribution < -0.4 is 4.90 Å². The molecule has 0 bridgehead atoms. The largest absolute Gasteiger partial charge is 0.342 e. The molecule has 1 aliphatic rings. The van der Waals surface area contributed by atoms with Crippen LogP contribution in [-0.2, 0) is 0 Å². The van der Waals surface area contributed by atoms with Crippen molar-refractivity contribution >= 4 is 5.95 Å². The Kier molecular flexibility index (Phi) is 4.33. The Labute approximate surface area is 163 Å². The van der Waals surface area contributed by atoms with Gasteiger partial charge in [0.15, 0.2) is 0 Å². The maximum atomic E-state index is 4.67. The number of tetrazole rings is 1. The fraction of sp³-hybridized carbons (Fsp3) is 0.238. The molecular formula is C21H21N7. The number of piperidine rings is 1. The molecule has 1 saturated heterocycles. The highest BCUT2D eigenvalue weighted by Gasteiger charge is 2.27. The summed E-state index contributed by atoms with van der Waals surface area (Å²) in [5.41, 5.74) is 3.18. The zero-order valence-corrected chi connectivity index (χ0v) is 15.4. The summed E-state index contributed by atoms with van der Waals surface area (Å²) in [6.45, 7) is 1.78. The van der Waals surface area contributed by atoms with E-state index in [0.717, 1.165) is 54.6 Å². The third-order valence-electron chi connectivity index (χ3n) is 5.23. The summed E-state index contributed by atoms with van der Waals surface area (Å²) in [7, 11) is 0. The van der Waals surface area contributed by atoms with Gasteiger partial charge < -0.3 is 9.88 Å². The molecular weight excluding hydrogens is 350 g/mol. The molecule has 2 aromatic heterocycles. The van der Waals surface area contributed by atoms with E-state index in [-0.39, 0.29) is 0 Å². The van der Waals surface area contributed by atoms with Gasteiger partial charge >= 0.3 is 0 Å². The van der Waals surface area contributed by atoms with Gasteiger partial charge in [0.25, 0.3) is 0 Å². The first-order valence-electron chi connectivity index (χ1n) is 9.57. The first-order valence-corrected chi connectivity index (χ1v) is 9.57. The lowest BCUT2D eigenvalue weighted by Crippen LogP contribution is -2.36. The number of para-hydroxylation sites is 1.